The molecule has 0 spiro atoms. The minimum absolute atomic E-state index is 0.00386. The van der Waals surface area contributed by atoms with E-state index in [4.69, 9.17) is 4.98 Å². The van der Waals surface area contributed by atoms with Crippen molar-refractivity contribution in [3.05, 3.63) is 96.6 Å². The van der Waals surface area contributed by atoms with Crippen LogP contribution >= 0.6 is 0 Å². The molecule has 3 aromatic carbocycles. The fourth-order valence-corrected chi connectivity index (χ4v) is 4.31. The number of carbonyl (C=O) groups is 2. The predicted molar refractivity (Wildman–Crippen MR) is 135 cm³/mol. The highest BCUT2D eigenvalue weighted by molar-refractivity contribution is 6.07. The lowest BCUT2D eigenvalue weighted by Gasteiger charge is -2.34. The maximum atomic E-state index is 13.6. The Morgan fingerprint density at radius 1 is 0.794 bits per heavy atom. The van der Waals surface area contributed by atoms with E-state index in [2.05, 4.69) is 10.2 Å². The molecule has 0 bridgehead atoms. The molecule has 5 rings (SSSR count). The standard InChI is InChI=1S/C28H26N4O2/c33-27(29-22-11-5-2-6-12-22)20-31-15-17-32(18-16-31)28(34)24-19-26(21-9-3-1-4-10-21)30-25-14-8-7-13-23(24)25/h1-14,19H,15-18,20H2,(H,29,33). The number of hydrogen-bond acceptors (Lipinski definition) is 4. The Hall–Kier alpha value is -4.03. The van der Waals surface area contributed by atoms with Gasteiger partial charge in [-0.25, -0.2) is 4.98 Å². The topological polar surface area (TPSA) is 65.5 Å². The van der Waals surface area contributed by atoms with Crippen molar-refractivity contribution in [2.24, 2.45) is 0 Å². The minimum Gasteiger partial charge on any atom is -0.336 e. The summed E-state index contributed by atoms with van der Waals surface area (Å²) in [6.45, 7) is 2.78. The average Bonchev–Trinajstić information content (AvgIpc) is 2.89. The number of carbonyl (C=O) groups excluding carboxylic acids is 2. The van der Waals surface area contributed by atoms with Crippen LogP contribution in [-0.2, 0) is 4.79 Å². The Morgan fingerprint density at radius 2 is 1.44 bits per heavy atom. The van der Waals surface area contributed by atoms with E-state index in [1.807, 2.05) is 95.9 Å². The second-order valence-electron chi connectivity index (χ2n) is 8.42. The van der Waals surface area contributed by atoms with Gasteiger partial charge in [0.05, 0.1) is 23.3 Å². The summed E-state index contributed by atoms with van der Waals surface area (Å²) < 4.78 is 0. The summed E-state index contributed by atoms with van der Waals surface area (Å²) in [6, 6.07) is 29.1. The molecule has 6 heteroatoms. The van der Waals surface area contributed by atoms with Crippen LogP contribution in [0.4, 0.5) is 5.69 Å². The Kier molecular flexibility index (Phi) is 6.31. The van der Waals surface area contributed by atoms with Gasteiger partial charge in [0.2, 0.25) is 5.91 Å². The summed E-state index contributed by atoms with van der Waals surface area (Å²) in [7, 11) is 0. The van der Waals surface area contributed by atoms with Crippen LogP contribution in [0.5, 0.6) is 0 Å². The maximum absolute atomic E-state index is 13.6. The van der Waals surface area contributed by atoms with E-state index in [1.54, 1.807) is 0 Å². The van der Waals surface area contributed by atoms with Crippen LogP contribution in [0.25, 0.3) is 22.2 Å². The number of nitrogens with zero attached hydrogens (tertiary/aromatic N) is 3. The van der Waals surface area contributed by atoms with Crippen molar-refractivity contribution in [1.29, 1.82) is 0 Å². The van der Waals surface area contributed by atoms with Crippen molar-refractivity contribution in [3.63, 3.8) is 0 Å². The van der Waals surface area contributed by atoms with E-state index < -0.39 is 0 Å². The molecule has 6 nitrogen and oxygen atoms in total. The van der Waals surface area contributed by atoms with Crippen molar-refractivity contribution in [1.82, 2.24) is 14.8 Å². The molecule has 2 heterocycles. The summed E-state index contributed by atoms with van der Waals surface area (Å²) in [5, 5.41) is 3.78. The van der Waals surface area contributed by atoms with Gasteiger partial charge < -0.3 is 10.2 Å². The zero-order valence-electron chi connectivity index (χ0n) is 18.9. The van der Waals surface area contributed by atoms with Crippen molar-refractivity contribution in [2.45, 2.75) is 0 Å². The number of para-hydroxylation sites is 2. The third kappa shape index (κ3) is 4.82. The van der Waals surface area contributed by atoms with E-state index in [0.29, 0.717) is 38.3 Å². The Balaban J connectivity index is 1.29. The molecule has 0 unspecified atom stereocenters. The summed E-state index contributed by atoms with van der Waals surface area (Å²) >= 11 is 0. The fraction of sp³-hybridized carbons (Fsp3) is 0.179. The van der Waals surface area contributed by atoms with Gasteiger partial charge in [0, 0.05) is 42.8 Å². The monoisotopic (exact) mass is 450 g/mol. The summed E-state index contributed by atoms with van der Waals surface area (Å²) in [5.41, 5.74) is 4.04. The molecule has 1 saturated heterocycles. The molecule has 0 radical (unpaired) electrons. The lowest BCUT2D eigenvalue weighted by Crippen LogP contribution is -2.50. The van der Waals surface area contributed by atoms with Crippen molar-refractivity contribution >= 4 is 28.4 Å². The third-order valence-electron chi connectivity index (χ3n) is 6.10. The van der Waals surface area contributed by atoms with E-state index in [1.165, 1.54) is 0 Å². The first-order chi connectivity index (χ1) is 16.7. The van der Waals surface area contributed by atoms with Crippen LogP contribution in [0.15, 0.2) is 91.0 Å². The number of aromatic nitrogens is 1. The second-order valence-corrected chi connectivity index (χ2v) is 8.42. The molecule has 34 heavy (non-hydrogen) atoms. The molecular weight excluding hydrogens is 424 g/mol. The van der Waals surface area contributed by atoms with Gasteiger partial charge in [-0.05, 0) is 24.3 Å². The largest absolute Gasteiger partial charge is 0.336 e. The van der Waals surface area contributed by atoms with Crippen LogP contribution in [0.1, 0.15) is 10.4 Å². The Bertz CT molecular complexity index is 1300. The number of piperazine rings is 1. The average molecular weight is 451 g/mol. The summed E-state index contributed by atoms with van der Waals surface area (Å²) in [5.74, 6) is -0.0391. The Labute approximate surface area is 198 Å². The minimum atomic E-state index is -0.0430. The van der Waals surface area contributed by atoms with E-state index in [0.717, 1.165) is 27.8 Å². The lowest BCUT2D eigenvalue weighted by atomic mass is 10.0. The molecule has 4 aromatic rings. The van der Waals surface area contributed by atoms with Crippen molar-refractivity contribution in [2.75, 3.05) is 38.0 Å². The highest BCUT2D eigenvalue weighted by Gasteiger charge is 2.25. The van der Waals surface area contributed by atoms with Gasteiger partial charge in [-0.15, -0.1) is 0 Å². The number of anilines is 1. The number of pyridine rings is 1. The first kappa shape index (κ1) is 21.8. The molecule has 0 atom stereocenters. The SMILES string of the molecule is O=C(CN1CCN(C(=O)c2cc(-c3ccccc3)nc3ccccc23)CC1)Nc1ccccc1. The van der Waals surface area contributed by atoms with Crippen LogP contribution < -0.4 is 5.32 Å². The smallest absolute Gasteiger partial charge is 0.254 e. The van der Waals surface area contributed by atoms with E-state index in [-0.39, 0.29) is 11.8 Å². The van der Waals surface area contributed by atoms with Gasteiger partial charge in [-0.1, -0.05) is 66.7 Å². The van der Waals surface area contributed by atoms with Crippen molar-refractivity contribution in [3.8, 4) is 11.3 Å². The summed E-state index contributed by atoms with van der Waals surface area (Å²) in [6.07, 6.45) is 0. The number of benzene rings is 3. The maximum Gasteiger partial charge on any atom is 0.254 e. The fourth-order valence-electron chi connectivity index (χ4n) is 4.31. The van der Waals surface area contributed by atoms with Crippen LogP contribution in [0, 0.1) is 0 Å². The highest BCUT2D eigenvalue weighted by Crippen LogP contribution is 2.26. The van der Waals surface area contributed by atoms with Crippen LogP contribution in [0.2, 0.25) is 0 Å². The van der Waals surface area contributed by atoms with Crippen LogP contribution in [0.3, 0.4) is 0 Å². The first-order valence-corrected chi connectivity index (χ1v) is 11.5. The second kappa shape index (κ2) is 9.85. The molecule has 1 aromatic heterocycles. The zero-order valence-corrected chi connectivity index (χ0v) is 18.9. The first-order valence-electron chi connectivity index (χ1n) is 11.5. The quantitative estimate of drug-likeness (QED) is 0.492. The molecule has 1 fully saturated rings. The molecular formula is C28H26N4O2. The van der Waals surface area contributed by atoms with Gasteiger partial charge >= 0.3 is 0 Å². The van der Waals surface area contributed by atoms with E-state index in [9.17, 15) is 9.59 Å². The van der Waals surface area contributed by atoms with Gasteiger partial charge in [-0.3, -0.25) is 14.5 Å². The molecule has 1 N–H and O–H groups in total. The predicted octanol–water partition coefficient (Wildman–Crippen LogP) is 4.30. The molecule has 1 aliphatic heterocycles. The summed E-state index contributed by atoms with van der Waals surface area (Å²) in [4.78, 5) is 34.7. The zero-order chi connectivity index (χ0) is 23.3. The van der Waals surface area contributed by atoms with Crippen molar-refractivity contribution < 1.29 is 9.59 Å². The number of hydrogen-bond donors (Lipinski definition) is 1. The molecule has 0 saturated carbocycles. The van der Waals surface area contributed by atoms with Gasteiger partial charge in [0.15, 0.2) is 0 Å². The lowest BCUT2D eigenvalue weighted by molar-refractivity contribution is -0.117. The molecule has 0 aliphatic carbocycles. The number of fused-ring (bicyclic) bond motifs is 1. The van der Waals surface area contributed by atoms with Gasteiger partial charge in [0.25, 0.3) is 5.91 Å². The van der Waals surface area contributed by atoms with Gasteiger partial charge in [0.1, 0.15) is 0 Å². The number of nitrogens with one attached hydrogen (secondary N) is 1. The molecule has 2 amide bonds. The number of amides is 2. The normalized spacial score (nSPS) is 14.2. The van der Waals surface area contributed by atoms with E-state index >= 15 is 0 Å². The Morgan fingerprint density at radius 3 is 2.18 bits per heavy atom. The third-order valence-corrected chi connectivity index (χ3v) is 6.10. The van der Waals surface area contributed by atoms with Crippen LogP contribution in [-0.4, -0.2) is 59.3 Å². The number of rotatable bonds is 5. The van der Waals surface area contributed by atoms with Gasteiger partial charge in [-0.2, -0.15) is 0 Å². The molecule has 1 aliphatic rings. The molecule has 170 valence electrons. The highest BCUT2D eigenvalue weighted by atomic mass is 16.2.